The molecule has 1 amide bonds. The van der Waals surface area contributed by atoms with Crippen molar-refractivity contribution in [2.24, 2.45) is 5.92 Å². The second-order valence-corrected chi connectivity index (χ2v) is 5.68. The molecule has 2 rings (SSSR count). The van der Waals surface area contributed by atoms with Gasteiger partial charge < -0.3 is 15.4 Å². The number of carbonyl (C=O) groups excluding carboxylic acids is 2. The second-order valence-electron chi connectivity index (χ2n) is 5.68. The third kappa shape index (κ3) is 3.54. The number of anilines is 1. The Balaban J connectivity index is 1.98. The van der Waals surface area contributed by atoms with Crippen molar-refractivity contribution >= 4 is 17.6 Å². The lowest BCUT2D eigenvalue weighted by molar-refractivity contribution is -0.146. The van der Waals surface area contributed by atoms with E-state index in [0.29, 0.717) is 6.42 Å². The van der Waals surface area contributed by atoms with Gasteiger partial charge in [-0.3, -0.25) is 4.79 Å². The van der Waals surface area contributed by atoms with Gasteiger partial charge in [0.15, 0.2) is 0 Å². The van der Waals surface area contributed by atoms with Crippen molar-refractivity contribution in [1.29, 1.82) is 0 Å². The van der Waals surface area contributed by atoms with E-state index >= 15 is 0 Å². The van der Waals surface area contributed by atoms with Crippen LogP contribution in [0.3, 0.4) is 0 Å². The Morgan fingerprint density at radius 2 is 2.10 bits per heavy atom. The van der Waals surface area contributed by atoms with E-state index in [4.69, 9.17) is 4.74 Å². The summed E-state index contributed by atoms with van der Waals surface area (Å²) in [6.45, 7) is 4.51. The van der Waals surface area contributed by atoms with Crippen molar-refractivity contribution in [3.8, 4) is 0 Å². The van der Waals surface area contributed by atoms with Crippen LogP contribution in [0.25, 0.3) is 0 Å². The van der Waals surface area contributed by atoms with Crippen molar-refractivity contribution in [1.82, 2.24) is 5.32 Å². The number of para-hydroxylation sites is 1. The van der Waals surface area contributed by atoms with Crippen LogP contribution in [-0.2, 0) is 14.3 Å². The molecule has 1 aliphatic rings. The molecule has 0 saturated carbocycles. The van der Waals surface area contributed by atoms with Gasteiger partial charge in [0.05, 0.1) is 7.11 Å². The fourth-order valence-corrected chi connectivity index (χ4v) is 2.62. The first-order valence-electron chi connectivity index (χ1n) is 7.23. The monoisotopic (exact) mass is 290 g/mol. The van der Waals surface area contributed by atoms with Crippen LogP contribution in [0.4, 0.5) is 5.69 Å². The van der Waals surface area contributed by atoms with Crippen molar-refractivity contribution in [3.63, 3.8) is 0 Å². The number of nitrogens with one attached hydrogen (secondary N) is 2. The lowest BCUT2D eigenvalue weighted by Gasteiger charge is -2.20. The molecule has 1 aliphatic heterocycles. The maximum atomic E-state index is 12.2. The standard InChI is InChI=1S/C16H22N2O3/c1-10(2)15(16(20)21-3)18-14(19)8-11-9-17-13-7-5-4-6-12(11)13/h4-7,10-11,15,17H,8-9H2,1-3H3,(H,18,19)/t11?,15-/m0/s1. The quantitative estimate of drug-likeness (QED) is 0.813. The third-order valence-electron chi connectivity index (χ3n) is 3.81. The maximum absolute atomic E-state index is 12.2. The van der Waals surface area contributed by atoms with Crippen LogP contribution in [0, 0.1) is 5.92 Å². The minimum atomic E-state index is -0.591. The summed E-state index contributed by atoms with van der Waals surface area (Å²) >= 11 is 0. The Kier molecular flexibility index (Phi) is 4.83. The molecule has 0 aliphatic carbocycles. The molecule has 1 aromatic rings. The number of methoxy groups -OCH3 is 1. The van der Waals surface area contributed by atoms with Crippen molar-refractivity contribution in [2.75, 3.05) is 19.0 Å². The summed E-state index contributed by atoms with van der Waals surface area (Å²) in [6, 6.07) is 7.40. The predicted molar refractivity (Wildman–Crippen MR) is 81.1 cm³/mol. The normalized spacial score (nSPS) is 17.8. The molecule has 0 aromatic heterocycles. The van der Waals surface area contributed by atoms with Gasteiger partial charge in [-0.2, -0.15) is 0 Å². The molecular weight excluding hydrogens is 268 g/mol. The molecular formula is C16H22N2O3. The molecule has 114 valence electrons. The van der Waals surface area contributed by atoms with Gasteiger partial charge in [-0.1, -0.05) is 32.0 Å². The predicted octanol–water partition coefficient (Wildman–Crippen LogP) is 1.90. The first-order chi connectivity index (χ1) is 10.0. The number of esters is 1. The Bertz CT molecular complexity index is 528. The molecule has 2 N–H and O–H groups in total. The van der Waals surface area contributed by atoms with Crippen LogP contribution in [0.1, 0.15) is 31.7 Å². The van der Waals surface area contributed by atoms with Gasteiger partial charge in [-0.05, 0) is 17.5 Å². The lowest BCUT2D eigenvalue weighted by Crippen LogP contribution is -2.45. The van der Waals surface area contributed by atoms with Gasteiger partial charge in [0.1, 0.15) is 6.04 Å². The average molecular weight is 290 g/mol. The van der Waals surface area contributed by atoms with E-state index in [-0.39, 0.29) is 17.7 Å². The first-order valence-corrected chi connectivity index (χ1v) is 7.23. The highest BCUT2D eigenvalue weighted by atomic mass is 16.5. The molecule has 5 heteroatoms. The molecule has 2 atom stereocenters. The summed E-state index contributed by atoms with van der Waals surface area (Å²) in [5.74, 6) is -0.382. The van der Waals surface area contributed by atoms with E-state index in [1.54, 1.807) is 0 Å². The van der Waals surface area contributed by atoms with E-state index in [1.807, 2.05) is 38.1 Å². The molecule has 1 aromatic carbocycles. The number of fused-ring (bicyclic) bond motifs is 1. The number of benzene rings is 1. The van der Waals surface area contributed by atoms with Gasteiger partial charge in [-0.15, -0.1) is 0 Å². The fourth-order valence-electron chi connectivity index (χ4n) is 2.62. The Hall–Kier alpha value is -2.04. The molecule has 0 fully saturated rings. The molecule has 0 radical (unpaired) electrons. The molecule has 1 heterocycles. The van der Waals surface area contributed by atoms with Crippen LogP contribution >= 0.6 is 0 Å². The highest BCUT2D eigenvalue weighted by molar-refractivity contribution is 5.85. The summed E-state index contributed by atoms with van der Waals surface area (Å²) in [4.78, 5) is 23.9. The average Bonchev–Trinajstić information content (AvgIpc) is 2.87. The number of ether oxygens (including phenoxy) is 1. The van der Waals surface area contributed by atoms with Crippen molar-refractivity contribution < 1.29 is 14.3 Å². The van der Waals surface area contributed by atoms with Gasteiger partial charge in [0.25, 0.3) is 0 Å². The zero-order valence-electron chi connectivity index (χ0n) is 12.7. The van der Waals surface area contributed by atoms with Gasteiger partial charge in [0, 0.05) is 24.6 Å². The van der Waals surface area contributed by atoms with Gasteiger partial charge >= 0.3 is 5.97 Å². The molecule has 5 nitrogen and oxygen atoms in total. The van der Waals surface area contributed by atoms with E-state index in [9.17, 15) is 9.59 Å². The summed E-state index contributed by atoms with van der Waals surface area (Å²) in [7, 11) is 1.33. The SMILES string of the molecule is COC(=O)[C@@H](NC(=O)CC1CNc2ccccc21)C(C)C. The minimum absolute atomic E-state index is 0.00427. The Labute approximate surface area is 125 Å². The highest BCUT2D eigenvalue weighted by Crippen LogP contribution is 2.33. The van der Waals surface area contributed by atoms with Crippen LogP contribution in [-0.4, -0.2) is 31.6 Å². The summed E-state index contributed by atoms with van der Waals surface area (Å²) in [6.07, 6.45) is 0.365. The van der Waals surface area contributed by atoms with Gasteiger partial charge in [0.2, 0.25) is 5.91 Å². The van der Waals surface area contributed by atoms with Gasteiger partial charge in [-0.25, -0.2) is 4.79 Å². The summed E-state index contributed by atoms with van der Waals surface area (Å²) < 4.78 is 4.73. The summed E-state index contributed by atoms with van der Waals surface area (Å²) in [5, 5.41) is 6.08. The number of hydrogen-bond acceptors (Lipinski definition) is 4. The number of hydrogen-bond donors (Lipinski definition) is 2. The van der Waals surface area contributed by atoms with E-state index < -0.39 is 12.0 Å². The van der Waals surface area contributed by atoms with Crippen LogP contribution < -0.4 is 10.6 Å². The van der Waals surface area contributed by atoms with Crippen LogP contribution in [0.5, 0.6) is 0 Å². The second kappa shape index (κ2) is 6.61. The zero-order chi connectivity index (χ0) is 15.4. The van der Waals surface area contributed by atoms with E-state index in [2.05, 4.69) is 10.6 Å². The van der Waals surface area contributed by atoms with Crippen LogP contribution in [0.2, 0.25) is 0 Å². The van der Waals surface area contributed by atoms with Crippen molar-refractivity contribution in [2.45, 2.75) is 32.2 Å². The molecule has 0 spiro atoms. The Morgan fingerprint density at radius 1 is 1.38 bits per heavy atom. The maximum Gasteiger partial charge on any atom is 0.328 e. The molecule has 21 heavy (non-hydrogen) atoms. The Morgan fingerprint density at radius 3 is 2.76 bits per heavy atom. The summed E-state index contributed by atoms with van der Waals surface area (Å²) in [5.41, 5.74) is 2.25. The molecule has 0 bridgehead atoms. The lowest BCUT2D eigenvalue weighted by atomic mass is 9.97. The topological polar surface area (TPSA) is 67.4 Å². The molecule has 1 unspecified atom stereocenters. The number of carbonyl (C=O) groups is 2. The van der Waals surface area contributed by atoms with Crippen molar-refractivity contribution in [3.05, 3.63) is 29.8 Å². The van der Waals surface area contributed by atoms with E-state index in [1.165, 1.54) is 7.11 Å². The zero-order valence-corrected chi connectivity index (χ0v) is 12.7. The first kappa shape index (κ1) is 15.4. The molecule has 0 saturated heterocycles. The third-order valence-corrected chi connectivity index (χ3v) is 3.81. The number of amides is 1. The smallest absolute Gasteiger partial charge is 0.328 e. The number of rotatable bonds is 5. The van der Waals surface area contributed by atoms with E-state index in [0.717, 1.165) is 17.8 Å². The fraction of sp³-hybridized carbons (Fsp3) is 0.500. The highest BCUT2D eigenvalue weighted by Gasteiger charge is 2.28. The van der Waals surface area contributed by atoms with Crippen LogP contribution in [0.15, 0.2) is 24.3 Å². The minimum Gasteiger partial charge on any atom is -0.467 e. The largest absolute Gasteiger partial charge is 0.467 e.